The van der Waals surface area contributed by atoms with Crippen molar-refractivity contribution in [2.75, 3.05) is 13.1 Å². The van der Waals surface area contributed by atoms with Gasteiger partial charge in [-0.1, -0.05) is 62.4 Å². The number of aromatic nitrogens is 4. The Morgan fingerprint density at radius 3 is 1.43 bits per heavy atom. The summed E-state index contributed by atoms with van der Waals surface area (Å²) in [6, 6.07) is 15.7. The van der Waals surface area contributed by atoms with Gasteiger partial charge in [0.1, 0.15) is 11.6 Å². The summed E-state index contributed by atoms with van der Waals surface area (Å²) in [5, 5.41) is 0. The molecule has 0 spiro atoms. The lowest BCUT2D eigenvalue weighted by atomic mass is 10.0. The van der Waals surface area contributed by atoms with Crippen LogP contribution in [0, 0.1) is 0 Å². The van der Waals surface area contributed by atoms with Crippen LogP contribution in [0.2, 0.25) is 0 Å². The Hall–Kier alpha value is -4.28. The molecule has 2 fully saturated rings. The highest BCUT2D eigenvalue weighted by molar-refractivity contribution is 5.83. The van der Waals surface area contributed by atoms with Crippen molar-refractivity contribution in [1.82, 2.24) is 29.7 Å². The van der Waals surface area contributed by atoms with Crippen LogP contribution in [-0.4, -0.2) is 66.7 Å². The number of nitrogens with two attached hydrogens (primary N) is 2. The number of likely N-dealkylation sites (tertiary alicyclic amines) is 2. The summed E-state index contributed by atoms with van der Waals surface area (Å²) in [6.07, 6.45) is 8.62. The minimum Gasteiger partial charge on any atom is -0.340 e. The van der Waals surface area contributed by atoms with Gasteiger partial charge in [-0.15, -0.1) is 0 Å². The maximum absolute atomic E-state index is 12.8. The fourth-order valence-electron chi connectivity index (χ4n) is 6.39. The van der Waals surface area contributed by atoms with Gasteiger partial charge >= 0.3 is 0 Å². The molecular weight excluding hydrogens is 552 g/mol. The smallest absolute Gasteiger partial charge is 0.240 e. The molecular formula is C34H42N8O2. The zero-order valence-corrected chi connectivity index (χ0v) is 25.5. The van der Waals surface area contributed by atoms with Gasteiger partial charge in [0, 0.05) is 13.1 Å². The van der Waals surface area contributed by atoms with Crippen LogP contribution < -0.4 is 11.5 Å². The molecule has 4 aromatic rings. The molecule has 2 aromatic carbocycles. The molecule has 0 unspecified atom stereocenters. The third kappa shape index (κ3) is 5.79. The average molecular weight is 595 g/mol. The lowest BCUT2D eigenvalue weighted by molar-refractivity contribution is -0.134. The van der Waals surface area contributed by atoms with Crippen LogP contribution in [0.5, 0.6) is 0 Å². The Balaban J connectivity index is 1.12. The number of rotatable bonds is 9. The Morgan fingerprint density at radius 2 is 1.07 bits per heavy atom. The van der Waals surface area contributed by atoms with Gasteiger partial charge in [0.25, 0.3) is 0 Å². The molecule has 44 heavy (non-hydrogen) atoms. The first-order chi connectivity index (χ1) is 21.4. The molecule has 2 aliphatic heterocycles. The van der Waals surface area contributed by atoms with Crippen LogP contribution in [0.3, 0.4) is 0 Å². The fraction of sp³-hybridized carbons (Fsp3) is 0.412. The van der Waals surface area contributed by atoms with Gasteiger partial charge in [0.15, 0.2) is 0 Å². The zero-order chi connectivity index (χ0) is 30.8. The molecule has 0 aliphatic carbocycles. The number of carbonyl (C=O) groups excluding carboxylic acids is 2. The van der Waals surface area contributed by atoms with E-state index in [1.54, 1.807) is 0 Å². The lowest BCUT2D eigenvalue weighted by Crippen LogP contribution is -2.43. The van der Waals surface area contributed by atoms with Crippen LogP contribution in [0.1, 0.15) is 76.1 Å². The Morgan fingerprint density at radius 1 is 0.705 bits per heavy atom. The minimum atomic E-state index is -0.464. The third-order valence-corrected chi connectivity index (χ3v) is 9.13. The van der Waals surface area contributed by atoms with Crippen molar-refractivity contribution in [3.8, 4) is 33.6 Å². The first-order valence-corrected chi connectivity index (χ1v) is 15.8. The number of carbonyl (C=O) groups is 2. The van der Waals surface area contributed by atoms with Crippen LogP contribution in [0.25, 0.3) is 33.6 Å². The predicted octanol–water partition coefficient (Wildman–Crippen LogP) is 4.94. The van der Waals surface area contributed by atoms with Crippen molar-refractivity contribution >= 4 is 11.8 Å². The van der Waals surface area contributed by atoms with E-state index in [0.29, 0.717) is 12.8 Å². The number of hydrogen-bond acceptors (Lipinski definition) is 6. The largest absolute Gasteiger partial charge is 0.340 e. The number of nitrogens with zero attached hydrogens (tertiary/aromatic N) is 4. The maximum atomic E-state index is 12.8. The number of amides is 2. The molecule has 4 heterocycles. The van der Waals surface area contributed by atoms with Crippen molar-refractivity contribution < 1.29 is 9.59 Å². The topological polar surface area (TPSA) is 150 Å². The van der Waals surface area contributed by atoms with Gasteiger partial charge in [-0.25, -0.2) is 9.97 Å². The number of benzene rings is 2. The molecule has 0 bridgehead atoms. The summed E-state index contributed by atoms with van der Waals surface area (Å²) >= 11 is 0. The van der Waals surface area contributed by atoms with Gasteiger partial charge in [-0.3, -0.25) is 9.59 Å². The third-order valence-electron chi connectivity index (χ3n) is 9.13. The zero-order valence-electron chi connectivity index (χ0n) is 25.5. The van der Waals surface area contributed by atoms with Gasteiger partial charge in [-0.2, -0.15) is 0 Å². The Labute approximate surface area is 258 Å². The molecule has 10 nitrogen and oxygen atoms in total. The lowest BCUT2D eigenvalue weighted by Gasteiger charge is -2.25. The van der Waals surface area contributed by atoms with E-state index in [4.69, 9.17) is 11.5 Å². The summed E-state index contributed by atoms with van der Waals surface area (Å²) < 4.78 is 0. The monoisotopic (exact) mass is 594 g/mol. The molecule has 4 atom stereocenters. The van der Waals surface area contributed by atoms with Crippen molar-refractivity contribution in [3.63, 3.8) is 0 Å². The summed E-state index contributed by atoms with van der Waals surface area (Å²) in [7, 11) is 0. The van der Waals surface area contributed by atoms with Gasteiger partial charge in [-0.05, 0) is 60.8 Å². The quantitative estimate of drug-likeness (QED) is 0.216. The number of nitrogens with one attached hydrogen (secondary N) is 2. The molecule has 0 saturated carbocycles. The van der Waals surface area contributed by atoms with Crippen molar-refractivity contribution in [2.24, 2.45) is 11.5 Å². The normalized spacial score (nSPS) is 19.8. The van der Waals surface area contributed by atoms with E-state index in [1.807, 2.05) is 36.0 Å². The van der Waals surface area contributed by atoms with Gasteiger partial charge in [0.05, 0.1) is 47.9 Å². The minimum absolute atomic E-state index is 0.000786. The average Bonchev–Trinajstić information content (AvgIpc) is 3.89. The second-order valence-electron chi connectivity index (χ2n) is 11.9. The number of aromatic amines is 2. The summed E-state index contributed by atoms with van der Waals surface area (Å²) in [4.78, 5) is 45.5. The van der Waals surface area contributed by atoms with Crippen molar-refractivity contribution in [1.29, 1.82) is 0 Å². The second-order valence-corrected chi connectivity index (χ2v) is 11.9. The molecule has 2 saturated heterocycles. The van der Waals surface area contributed by atoms with Crippen molar-refractivity contribution in [3.05, 3.63) is 72.6 Å². The first kappa shape index (κ1) is 29.8. The number of imidazole rings is 2. The molecule has 10 heteroatoms. The van der Waals surface area contributed by atoms with E-state index >= 15 is 0 Å². The highest BCUT2D eigenvalue weighted by atomic mass is 16.2. The molecule has 0 radical (unpaired) electrons. The molecule has 2 amide bonds. The second kappa shape index (κ2) is 12.8. The molecule has 2 aliphatic rings. The van der Waals surface area contributed by atoms with E-state index in [2.05, 4.69) is 68.5 Å². The molecule has 6 rings (SSSR count). The van der Waals surface area contributed by atoms with Gasteiger partial charge < -0.3 is 31.2 Å². The van der Waals surface area contributed by atoms with E-state index < -0.39 is 12.1 Å². The van der Waals surface area contributed by atoms with E-state index in [1.165, 1.54) is 0 Å². The van der Waals surface area contributed by atoms with Crippen LogP contribution >= 0.6 is 0 Å². The maximum Gasteiger partial charge on any atom is 0.240 e. The summed E-state index contributed by atoms with van der Waals surface area (Å²) in [5.41, 5.74) is 18.2. The highest BCUT2D eigenvalue weighted by Gasteiger charge is 2.35. The summed E-state index contributed by atoms with van der Waals surface area (Å²) in [6.45, 7) is 5.31. The summed E-state index contributed by atoms with van der Waals surface area (Å²) in [5.74, 6) is 1.63. The van der Waals surface area contributed by atoms with Crippen LogP contribution in [-0.2, 0) is 9.59 Å². The van der Waals surface area contributed by atoms with Crippen LogP contribution in [0.4, 0.5) is 0 Å². The highest BCUT2D eigenvalue weighted by Crippen LogP contribution is 2.34. The SMILES string of the molecule is CC[C@H](N)C(=O)N1CCC[C@H]1c1ncc(-c2ccc(-c3ccc(-c4cnc([C@@H]5CCCN5C(=O)[C@@H](N)CC)[nH]4)cc3)cc2)[nH]1. The van der Waals surface area contributed by atoms with Crippen molar-refractivity contribution in [2.45, 2.75) is 76.5 Å². The molecule has 2 aromatic heterocycles. The Bertz CT molecular complexity index is 1470. The number of hydrogen-bond donors (Lipinski definition) is 4. The van der Waals surface area contributed by atoms with E-state index in [0.717, 1.165) is 84.1 Å². The number of H-pyrrole nitrogens is 2. The standard InChI is InChI=1S/C34H42N8O2/c1-3-25(35)33(43)41-17-5-7-29(41)31-37-19-27(39-31)23-13-9-21(10-14-23)22-11-15-24(16-12-22)28-20-38-32(40-28)30-8-6-18-42(30)34(44)26(36)4-2/h9-16,19-20,25-26,29-30H,3-8,17-18,35-36H2,1-2H3,(H,37,39)(H,38,40)/t25-,26-,29-,30-/m0/s1. The Kier molecular flexibility index (Phi) is 8.63. The first-order valence-electron chi connectivity index (χ1n) is 15.8. The van der Waals surface area contributed by atoms with Gasteiger partial charge in [0.2, 0.25) is 11.8 Å². The fourth-order valence-corrected chi connectivity index (χ4v) is 6.39. The molecule has 6 N–H and O–H groups in total. The van der Waals surface area contributed by atoms with Crippen LogP contribution in [0.15, 0.2) is 60.9 Å². The predicted molar refractivity (Wildman–Crippen MR) is 171 cm³/mol. The van der Waals surface area contributed by atoms with E-state index in [9.17, 15) is 9.59 Å². The molecule has 230 valence electrons. The van der Waals surface area contributed by atoms with E-state index in [-0.39, 0.29) is 23.9 Å².